The number of hydrogen-bond acceptors (Lipinski definition) is 2. The number of rotatable bonds is 1. The van der Waals surface area contributed by atoms with Crippen LogP contribution in [0.4, 0.5) is 10.1 Å². The fourth-order valence-electron chi connectivity index (χ4n) is 0.951. The van der Waals surface area contributed by atoms with E-state index in [1.165, 1.54) is 18.2 Å². The van der Waals surface area contributed by atoms with Gasteiger partial charge in [0.05, 0.1) is 0 Å². The Morgan fingerprint density at radius 3 is 2.57 bits per heavy atom. The van der Waals surface area contributed by atoms with E-state index in [1.807, 2.05) is 0 Å². The third kappa shape index (κ3) is 2.29. The molecule has 0 spiro atoms. The summed E-state index contributed by atoms with van der Waals surface area (Å²) in [5, 5.41) is 2.26. The predicted octanol–water partition coefficient (Wildman–Crippen LogP) is 0.558. The maximum absolute atomic E-state index is 12.6. The molecule has 0 fully saturated rings. The van der Waals surface area contributed by atoms with Crippen molar-refractivity contribution in [3.8, 4) is 0 Å². The molecule has 74 valence electrons. The van der Waals surface area contributed by atoms with E-state index in [9.17, 15) is 14.0 Å². The van der Waals surface area contributed by atoms with Crippen LogP contribution in [-0.2, 0) is 9.59 Å². The molecule has 3 N–H and O–H groups in total. The lowest BCUT2D eigenvalue weighted by Crippen LogP contribution is -2.29. The quantitative estimate of drug-likeness (QED) is 0.644. The van der Waals surface area contributed by atoms with Crippen LogP contribution in [0.3, 0.4) is 0 Å². The maximum atomic E-state index is 12.6. The van der Waals surface area contributed by atoms with Crippen molar-refractivity contribution in [1.82, 2.24) is 0 Å². The molecular weight excluding hydrogens is 187 g/mol. The fraction of sp³-hybridized carbons (Fsp3) is 0.111. The molecule has 1 aromatic carbocycles. The van der Waals surface area contributed by atoms with Crippen LogP contribution >= 0.6 is 0 Å². The van der Waals surface area contributed by atoms with Crippen LogP contribution in [0.2, 0.25) is 0 Å². The van der Waals surface area contributed by atoms with Gasteiger partial charge >= 0.3 is 11.8 Å². The molecule has 0 atom stereocenters. The van der Waals surface area contributed by atoms with Crippen LogP contribution in [0.1, 0.15) is 5.56 Å². The zero-order valence-corrected chi connectivity index (χ0v) is 7.50. The topological polar surface area (TPSA) is 72.2 Å². The highest BCUT2D eigenvalue weighted by molar-refractivity contribution is 6.39. The Labute approximate surface area is 79.9 Å². The standard InChI is InChI=1S/C9H9FN2O2/c1-5-4-6(10)2-3-7(5)12-9(14)8(11)13/h2-4H,1H3,(H2,11,13)(H,12,14). The number of nitrogens with one attached hydrogen (secondary N) is 1. The summed E-state index contributed by atoms with van der Waals surface area (Å²) in [5.41, 5.74) is 5.64. The number of hydrogen-bond donors (Lipinski definition) is 2. The van der Waals surface area contributed by atoms with E-state index >= 15 is 0 Å². The van der Waals surface area contributed by atoms with Gasteiger partial charge in [0.15, 0.2) is 0 Å². The molecule has 4 nitrogen and oxygen atoms in total. The number of aryl methyl sites for hydroxylation is 1. The summed E-state index contributed by atoms with van der Waals surface area (Å²) in [6.45, 7) is 1.61. The minimum atomic E-state index is -1.08. The van der Waals surface area contributed by atoms with Gasteiger partial charge in [0.1, 0.15) is 5.82 Å². The third-order valence-electron chi connectivity index (χ3n) is 1.66. The molecule has 0 radical (unpaired) electrons. The molecule has 14 heavy (non-hydrogen) atoms. The Morgan fingerprint density at radius 1 is 1.43 bits per heavy atom. The van der Waals surface area contributed by atoms with Gasteiger partial charge in [-0.15, -0.1) is 0 Å². The van der Waals surface area contributed by atoms with E-state index in [1.54, 1.807) is 6.92 Å². The van der Waals surface area contributed by atoms with E-state index < -0.39 is 17.6 Å². The van der Waals surface area contributed by atoms with Gasteiger partial charge < -0.3 is 11.1 Å². The lowest BCUT2D eigenvalue weighted by atomic mass is 10.2. The number of carbonyl (C=O) groups is 2. The molecule has 0 bridgehead atoms. The summed E-state index contributed by atoms with van der Waals surface area (Å²) >= 11 is 0. The average molecular weight is 196 g/mol. The van der Waals surface area contributed by atoms with E-state index in [-0.39, 0.29) is 0 Å². The first-order valence-corrected chi connectivity index (χ1v) is 3.87. The highest BCUT2D eigenvalue weighted by Gasteiger charge is 2.10. The summed E-state index contributed by atoms with van der Waals surface area (Å²) in [7, 11) is 0. The molecule has 0 aliphatic rings. The SMILES string of the molecule is Cc1cc(F)ccc1NC(=O)C(N)=O. The molecule has 1 rings (SSSR count). The zero-order chi connectivity index (χ0) is 10.7. The summed E-state index contributed by atoms with van der Waals surface area (Å²) in [6.07, 6.45) is 0. The smallest absolute Gasteiger partial charge is 0.313 e. The highest BCUT2D eigenvalue weighted by atomic mass is 19.1. The molecule has 0 heterocycles. The van der Waals surface area contributed by atoms with Crippen LogP contribution in [-0.4, -0.2) is 11.8 Å². The molecular formula is C9H9FN2O2. The number of benzene rings is 1. The first-order valence-electron chi connectivity index (χ1n) is 3.87. The molecule has 0 saturated carbocycles. The average Bonchev–Trinajstić information content (AvgIpc) is 2.09. The van der Waals surface area contributed by atoms with E-state index in [0.29, 0.717) is 11.3 Å². The van der Waals surface area contributed by atoms with Gasteiger partial charge in [0, 0.05) is 5.69 Å². The van der Waals surface area contributed by atoms with E-state index in [2.05, 4.69) is 5.32 Å². The van der Waals surface area contributed by atoms with Crippen molar-refractivity contribution in [3.63, 3.8) is 0 Å². The monoisotopic (exact) mass is 196 g/mol. The summed E-state index contributed by atoms with van der Waals surface area (Å²) in [5.74, 6) is -2.40. The molecule has 0 aliphatic carbocycles. The molecule has 2 amide bonds. The Kier molecular flexibility index (Phi) is 2.81. The van der Waals surface area contributed by atoms with Crippen LogP contribution < -0.4 is 11.1 Å². The third-order valence-corrected chi connectivity index (χ3v) is 1.66. The summed E-state index contributed by atoms with van der Waals surface area (Å²) in [6, 6.07) is 3.80. The number of anilines is 1. The van der Waals surface area contributed by atoms with E-state index in [0.717, 1.165) is 0 Å². The number of carbonyl (C=O) groups excluding carboxylic acids is 2. The van der Waals surface area contributed by atoms with Crippen molar-refractivity contribution >= 4 is 17.5 Å². The number of halogens is 1. The van der Waals surface area contributed by atoms with Gasteiger partial charge in [-0.3, -0.25) is 9.59 Å². The van der Waals surface area contributed by atoms with Crippen LogP contribution in [0.25, 0.3) is 0 Å². The van der Waals surface area contributed by atoms with Gasteiger partial charge in [-0.05, 0) is 30.7 Å². The maximum Gasteiger partial charge on any atom is 0.313 e. The fourth-order valence-corrected chi connectivity index (χ4v) is 0.951. The minimum Gasteiger partial charge on any atom is -0.361 e. The van der Waals surface area contributed by atoms with E-state index in [4.69, 9.17) is 5.73 Å². The Morgan fingerprint density at radius 2 is 2.07 bits per heavy atom. The summed E-state index contributed by atoms with van der Waals surface area (Å²) in [4.78, 5) is 21.3. The lowest BCUT2D eigenvalue weighted by Gasteiger charge is -2.05. The summed E-state index contributed by atoms with van der Waals surface area (Å²) < 4.78 is 12.6. The largest absolute Gasteiger partial charge is 0.361 e. The van der Waals surface area contributed by atoms with Gasteiger partial charge in [0.2, 0.25) is 0 Å². The van der Waals surface area contributed by atoms with Crippen LogP contribution in [0, 0.1) is 12.7 Å². The van der Waals surface area contributed by atoms with Gasteiger partial charge in [0.25, 0.3) is 0 Å². The molecule has 0 saturated heterocycles. The van der Waals surface area contributed by atoms with Gasteiger partial charge in [-0.1, -0.05) is 0 Å². The predicted molar refractivity (Wildman–Crippen MR) is 49.0 cm³/mol. The number of primary amides is 1. The molecule has 5 heteroatoms. The zero-order valence-electron chi connectivity index (χ0n) is 7.50. The second kappa shape index (κ2) is 3.87. The number of amides is 2. The Hall–Kier alpha value is -1.91. The second-order valence-electron chi connectivity index (χ2n) is 2.78. The molecule has 0 unspecified atom stereocenters. The first-order chi connectivity index (χ1) is 6.50. The first kappa shape index (κ1) is 10.2. The van der Waals surface area contributed by atoms with Crippen molar-refractivity contribution in [1.29, 1.82) is 0 Å². The van der Waals surface area contributed by atoms with Crippen LogP contribution in [0.15, 0.2) is 18.2 Å². The molecule has 1 aromatic rings. The van der Waals surface area contributed by atoms with Gasteiger partial charge in [-0.2, -0.15) is 0 Å². The van der Waals surface area contributed by atoms with Crippen molar-refractivity contribution in [2.24, 2.45) is 5.73 Å². The second-order valence-corrected chi connectivity index (χ2v) is 2.78. The Bertz CT molecular complexity index is 390. The normalized spacial score (nSPS) is 9.57. The highest BCUT2D eigenvalue weighted by Crippen LogP contribution is 2.15. The Balaban J connectivity index is 2.87. The number of nitrogens with two attached hydrogens (primary N) is 1. The van der Waals surface area contributed by atoms with Crippen molar-refractivity contribution in [2.45, 2.75) is 6.92 Å². The van der Waals surface area contributed by atoms with Crippen LogP contribution in [0.5, 0.6) is 0 Å². The molecule has 0 aromatic heterocycles. The molecule has 0 aliphatic heterocycles. The van der Waals surface area contributed by atoms with Crippen molar-refractivity contribution < 1.29 is 14.0 Å². The minimum absolute atomic E-state index is 0.371. The van der Waals surface area contributed by atoms with Gasteiger partial charge in [-0.25, -0.2) is 4.39 Å². The lowest BCUT2D eigenvalue weighted by molar-refractivity contribution is -0.134. The van der Waals surface area contributed by atoms with Crippen molar-refractivity contribution in [2.75, 3.05) is 5.32 Å². The van der Waals surface area contributed by atoms with Crippen molar-refractivity contribution in [3.05, 3.63) is 29.6 Å².